The van der Waals surface area contributed by atoms with Gasteiger partial charge in [-0.25, -0.2) is 0 Å². The summed E-state index contributed by atoms with van der Waals surface area (Å²) >= 11 is 0. The van der Waals surface area contributed by atoms with Gasteiger partial charge in [-0.3, -0.25) is 9.69 Å². The number of fused-ring (bicyclic) bond motifs is 2. The standard InChI is InChI=1S/C16H29N3O2/c1-16(2,19-5-7-21-8-6-19)10-18-15(20)13-11-3-4-12(9-11)14(13)17/h11-14H,3-10,17H2,1-2H3,(H,18,20). The highest BCUT2D eigenvalue weighted by Gasteiger charge is 2.49. The van der Waals surface area contributed by atoms with E-state index in [0.29, 0.717) is 18.4 Å². The van der Waals surface area contributed by atoms with E-state index in [0.717, 1.165) is 32.7 Å². The van der Waals surface area contributed by atoms with E-state index in [1.807, 2.05) is 0 Å². The lowest BCUT2D eigenvalue weighted by molar-refractivity contribution is -0.127. The smallest absolute Gasteiger partial charge is 0.225 e. The first-order chi connectivity index (χ1) is 9.99. The first kappa shape index (κ1) is 15.3. The predicted molar refractivity (Wildman–Crippen MR) is 81.8 cm³/mol. The van der Waals surface area contributed by atoms with Gasteiger partial charge in [-0.1, -0.05) is 0 Å². The molecular formula is C16H29N3O2. The minimum Gasteiger partial charge on any atom is -0.379 e. The largest absolute Gasteiger partial charge is 0.379 e. The number of nitrogens with one attached hydrogen (secondary N) is 1. The zero-order valence-corrected chi connectivity index (χ0v) is 13.3. The van der Waals surface area contributed by atoms with Crippen molar-refractivity contribution in [2.45, 2.75) is 44.7 Å². The van der Waals surface area contributed by atoms with Gasteiger partial charge >= 0.3 is 0 Å². The third-order valence-corrected chi connectivity index (χ3v) is 5.85. The summed E-state index contributed by atoms with van der Waals surface area (Å²) < 4.78 is 5.40. The van der Waals surface area contributed by atoms with E-state index in [9.17, 15) is 4.79 Å². The molecule has 1 aliphatic heterocycles. The molecule has 0 spiro atoms. The van der Waals surface area contributed by atoms with E-state index >= 15 is 0 Å². The summed E-state index contributed by atoms with van der Waals surface area (Å²) in [6.07, 6.45) is 3.56. The molecule has 1 amide bonds. The number of nitrogens with zero attached hydrogens (tertiary/aromatic N) is 1. The molecule has 0 radical (unpaired) electrons. The third kappa shape index (κ3) is 2.96. The van der Waals surface area contributed by atoms with Gasteiger partial charge in [-0.15, -0.1) is 0 Å². The molecule has 3 aliphatic rings. The topological polar surface area (TPSA) is 67.6 Å². The van der Waals surface area contributed by atoms with Crippen LogP contribution >= 0.6 is 0 Å². The molecule has 120 valence electrons. The van der Waals surface area contributed by atoms with Crippen LogP contribution in [-0.2, 0) is 9.53 Å². The Kier molecular flexibility index (Phi) is 4.26. The van der Waals surface area contributed by atoms with Crippen molar-refractivity contribution in [1.29, 1.82) is 0 Å². The lowest BCUT2D eigenvalue weighted by atomic mass is 9.84. The molecule has 3 rings (SSSR count). The number of nitrogens with two attached hydrogens (primary N) is 1. The fourth-order valence-corrected chi connectivity index (χ4v) is 4.43. The number of carbonyl (C=O) groups is 1. The van der Waals surface area contributed by atoms with Crippen molar-refractivity contribution in [3.05, 3.63) is 0 Å². The number of carbonyl (C=O) groups excluding carboxylic acids is 1. The van der Waals surface area contributed by atoms with Crippen LogP contribution in [-0.4, -0.2) is 55.2 Å². The summed E-state index contributed by atoms with van der Waals surface area (Å²) in [6.45, 7) is 8.53. The second-order valence-corrected chi connectivity index (χ2v) is 7.57. The number of ether oxygens (including phenoxy) is 1. The third-order valence-electron chi connectivity index (χ3n) is 5.85. The normalized spacial score (nSPS) is 36.9. The summed E-state index contributed by atoms with van der Waals surface area (Å²) in [5, 5.41) is 3.18. The summed E-state index contributed by atoms with van der Waals surface area (Å²) in [6, 6.07) is 0.0789. The average molecular weight is 295 g/mol. The van der Waals surface area contributed by atoms with Gasteiger partial charge in [0.05, 0.1) is 19.1 Å². The van der Waals surface area contributed by atoms with E-state index in [2.05, 4.69) is 24.1 Å². The maximum Gasteiger partial charge on any atom is 0.225 e. The minimum absolute atomic E-state index is 0.0266. The SMILES string of the molecule is CC(C)(CNC(=O)C1C2CCC(C2)C1N)N1CCOCC1. The van der Waals surface area contributed by atoms with Crippen LogP contribution in [0.5, 0.6) is 0 Å². The van der Waals surface area contributed by atoms with Crippen LogP contribution in [0.4, 0.5) is 0 Å². The van der Waals surface area contributed by atoms with Gasteiger partial charge < -0.3 is 15.8 Å². The van der Waals surface area contributed by atoms with Crippen LogP contribution in [0.1, 0.15) is 33.1 Å². The average Bonchev–Trinajstić information content (AvgIpc) is 3.07. The lowest BCUT2D eigenvalue weighted by Gasteiger charge is -2.41. The Morgan fingerprint density at radius 2 is 1.95 bits per heavy atom. The minimum atomic E-state index is -0.0266. The second kappa shape index (κ2) is 5.86. The van der Waals surface area contributed by atoms with E-state index in [4.69, 9.17) is 10.5 Å². The molecule has 1 heterocycles. The Hall–Kier alpha value is -0.650. The molecule has 5 nitrogen and oxygen atoms in total. The van der Waals surface area contributed by atoms with Crippen LogP contribution < -0.4 is 11.1 Å². The van der Waals surface area contributed by atoms with Crippen molar-refractivity contribution in [3.8, 4) is 0 Å². The van der Waals surface area contributed by atoms with E-state index in [1.165, 1.54) is 12.8 Å². The quantitative estimate of drug-likeness (QED) is 0.796. The molecule has 1 saturated heterocycles. The summed E-state index contributed by atoms with van der Waals surface area (Å²) in [7, 11) is 0. The fourth-order valence-electron chi connectivity index (χ4n) is 4.43. The first-order valence-corrected chi connectivity index (χ1v) is 8.35. The zero-order valence-electron chi connectivity index (χ0n) is 13.3. The first-order valence-electron chi connectivity index (χ1n) is 8.35. The fraction of sp³-hybridized carbons (Fsp3) is 0.938. The van der Waals surface area contributed by atoms with Gasteiger partial charge in [0.15, 0.2) is 0 Å². The maximum atomic E-state index is 12.5. The van der Waals surface area contributed by atoms with Gasteiger partial charge in [0.1, 0.15) is 0 Å². The molecule has 5 heteroatoms. The molecule has 0 aromatic rings. The molecular weight excluding hydrogens is 266 g/mol. The molecule has 2 aliphatic carbocycles. The number of rotatable bonds is 4. The van der Waals surface area contributed by atoms with Gasteiger partial charge in [0.2, 0.25) is 5.91 Å². The Balaban J connectivity index is 1.53. The van der Waals surface area contributed by atoms with Crippen molar-refractivity contribution in [2.75, 3.05) is 32.8 Å². The van der Waals surface area contributed by atoms with Crippen LogP contribution in [0.25, 0.3) is 0 Å². The van der Waals surface area contributed by atoms with Crippen molar-refractivity contribution >= 4 is 5.91 Å². The molecule has 0 aromatic heterocycles. The Morgan fingerprint density at radius 3 is 2.57 bits per heavy atom. The highest BCUT2D eigenvalue weighted by molar-refractivity contribution is 5.80. The maximum absolute atomic E-state index is 12.5. The monoisotopic (exact) mass is 295 g/mol. The molecule has 0 aromatic carbocycles. The Morgan fingerprint density at radius 1 is 1.29 bits per heavy atom. The van der Waals surface area contributed by atoms with Crippen LogP contribution in [0.15, 0.2) is 0 Å². The van der Waals surface area contributed by atoms with Gasteiger partial charge in [-0.2, -0.15) is 0 Å². The molecule has 3 fully saturated rings. The summed E-state index contributed by atoms with van der Waals surface area (Å²) in [5.74, 6) is 1.33. The van der Waals surface area contributed by atoms with Crippen LogP contribution in [0, 0.1) is 17.8 Å². The van der Waals surface area contributed by atoms with E-state index in [1.54, 1.807) is 0 Å². The van der Waals surface area contributed by atoms with Crippen molar-refractivity contribution in [2.24, 2.45) is 23.5 Å². The van der Waals surface area contributed by atoms with Crippen LogP contribution in [0.2, 0.25) is 0 Å². The molecule has 4 atom stereocenters. The zero-order chi connectivity index (χ0) is 15.0. The number of morpholine rings is 1. The van der Waals surface area contributed by atoms with Gasteiger partial charge in [-0.05, 0) is 44.9 Å². The van der Waals surface area contributed by atoms with Gasteiger partial charge in [0.25, 0.3) is 0 Å². The predicted octanol–water partition coefficient (Wildman–Crippen LogP) is 0.587. The summed E-state index contributed by atoms with van der Waals surface area (Å²) in [4.78, 5) is 14.9. The van der Waals surface area contributed by atoms with Gasteiger partial charge in [0, 0.05) is 31.2 Å². The molecule has 3 N–H and O–H groups in total. The molecule has 4 unspecified atom stereocenters. The lowest BCUT2D eigenvalue weighted by Crippen LogP contribution is -2.56. The summed E-state index contributed by atoms with van der Waals surface area (Å²) in [5.41, 5.74) is 6.23. The number of hydrogen-bond acceptors (Lipinski definition) is 4. The highest BCUT2D eigenvalue weighted by Crippen LogP contribution is 2.47. The van der Waals surface area contributed by atoms with Crippen molar-refractivity contribution in [1.82, 2.24) is 10.2 Å². The van der Waals surface area contributed by atoms with Crippen molar-refractivity contribution < 1.29 is 9.53 Å². The molecule has 2 saturated carbocycles. The Labute approximate surface area is 127 Å². The van der Waals surface area contributed by atoms with Crippen molar-refractivity contribution in [3.63, 3.8) is 0 Å². The molecule has 2 bridgehead atoms. The second-order valence-electron chi connectivity index (χ2n) is 7.57. The van der Waals surface area contributed by atoms with E-state index < -0.39 is 0 Å². The highest BCUT2D eigenvalue weighted by atomic mass is 16.5. The number of amides is 1. The Bertz CT molecular complexity index is 391. The number of hydrogen-bond donors (Lipinski definition) is 2. The van der Waals surface area contributed by atoms with Crippen LogP contribution in [0.3, 0.4) is 0 Å². The molecule has 21 heavy (non-hydrogen) atoms. The van der Waals surface area contributed by atoms with E-state index in [-0.39, 0.29) is 23.4 Å².